The molecule has 0 unspecified atom stereocenters. The van der Waals surface area contributed by atoms with E-state index in [0.29, 0.717) is 18.9 Å². The summed E-state index contributed by atoms with van der Waals surface area (Å²) in [5, 5.41) is 19.0. The molecule has 1 aromatic carbocycles. The predicted octanol–water partition coefficient (Wildman–Crippen LogP) is 1.34. The van der Waals surface area contributed by atoms with Gasteiger partial charge in [0.25, 0.3) is 0 Å². The minimum atomic E-state index is -0.945. The van der Waals surface area contributed by atoms with Crippen LogP contribution in [0, 0.1) is 5.82 Å². The highest BCUT2D eigenvalue weighted by molar-refractivity contribution is 5.72. The fraction of sp³-hybridized carbons (Fsp3) is 0.417. The van der Waals surface area contributed by atoms with E-state index in [2.05, 4.69) is 5.32 Å². The van der Waals surface area contributed by atoms with Gasteiger partial charge in [0.15, 0.2) is 0 Å². The number of carboxylic acids is 1. The molecule has 1 rings (SSSR count). The van der Waals surface area contributed by atoms with E-state index in [0.717, 1.165) is 0 Å². The van der Waals surface area contributed by atoms with Gasteiger partial charge in [-0.25, -0.2) is 4.39 Å². The van der Waals surface area contributed by atoms with E-state index in [9.17, 15) is 9.18 Å². The zero-order chi connectivity index (χ0) is 13.8. The summed E-state index contributed by atoms with van der Waals surface area (Å²) in [5.74, 6) is -1.28. The maximum atomic E-state index is 12.3. The van der Waals surface area contributed by atoms with Crippen molar-refractivity contribution in [2.75, 3.05) is 31.7 Å². The number of benzene rings is 1. The van der Waals surface area contributed by atoms with Gasteiger partial charge in [0, 0.05) is 12.3 Å². The van der Waals surface area contributed by atoms with Crippen molar-refractivity contribution >= 4 is 11.7 Å². The van der Waals surface area contributed by atoms with Crippen LogP contribution in [0.1, 0.15) is 6.92 Å². The average Bonchev–Trinajstić information content (AvgIpc) is 2.36. The van der Waals surface area contributed by atoms with Crippen molar-refractivity contribution in [3.8, 4) is 0 Å². The molecular weight excluding hydrogens is 241 g/mol. The third-order valence-electron chi connectivity index (χ3n) is 1.73. The van der Waals surface area contributed by atoms with Crippen LogP contribution in [0.15, 0.2) is 24.3 Å². The number of hydrogen-bond acceptors (Lipinski definition) is 4. The maximum Gasteiger partial charge on any atom is 0.322 e. The number of rotatable bonds is 6. The Hall–Kier alpha value is -1.66. The number of aliphatic carboxylic acids is 1. The normalized spacial score (nSPS) is 9.28. The van der Waals surface area contributed by atoms with Crippen molar-refractivity contribution < 1.29 is 24.1 Å². The van der Waals surface area contributed by atoms with Gasteiger partial charge in [-0.15, -0.1) is 0 Å². The Bertz CT molecular complexity index is 325. The molecule has 0 amide bonds. The van der Waals surface area contributed by atoms with Crippen LogP contribution >= 0.6 is 0 Å². The summed E-state index contributed by atoms with van der Waals surface area (Å²) in [4.78, 5) is 10.1. The quantitative estimate of drug-likeness (QED) is 0.672. The molecule has 0 fully saturated rings. The van der Waals surface area contributed by atoms with Gasteiger partial charge in [-0.05, 0) is 31.2 Å². The van der Waals surface area contributed by atoms with Crippen LogP contribution in [0.3, 0.4) is 0 Å². The van der Waals surface area contributed by atoms with E-state index < -0.39 is 5.97 Å². The Balaban J connectivity index is 0.000000411. The minimum Gasteiger partial charge on any atom is -0.480 e. The number of carboxylic acid groups (broad SMARTS) is 1. The van der Waals surface area contributed by atoms with Gasteiger partial charge in [0.05, 0.1) is 13.2 Å². The van der Waals surface area contributed by atoms with Crippen LogP contribution < -0.4 is 5.32 Å². The molecule has 0 aliphatic heterocycles. The third-order valence-corrected chi connectivity index (χ3v) is 1.73. The molecule has 0 heterocycles. The summed E-state index contributed by atoms with van der Waals surface area (Å²) < 4.78 is 17.1. The molecule has 102 valence electrons. The Morgan fingerprint density at radius 2 is 2.00 bits per heavy atom. The Kier molecular flexibility index (Phi) is 9.52. The molecule has 0 spiro atoms. The van der Waals surface area contributed by atoms with E-state index in [-0.39, 0.29) is 19.0 Å². The van der Waals surface area contributed by atoms with Crippen LogP contribution in [0.2, 0.25) is 0 Å². The zero-order valence-electron chi connectivity index (χ0n) is 10.2. The first-order chi connectivity index (χ1) is 8.60. The number of aliphatic hydroxyl groups excluding tert-OH is 1. The van der Waals surface area contributed by atoms with E-state index in [1.165, 1.54) is 24.3 Å². The van der Waals surface area contributed by atoms with E-state index in [1.807, 2.05) is 6.92 Å². The van der Waals surface area contributed by atoms with Crippen molar-refractivity contribution in [3.05, 3.63) is 30.1 Å². The minimum absolute atomic E-state index is 0.133. The van der Waals surface area contributed by atoms with Gasteiger partial charge in [-0.2, -0.15) is 0 Å². The molecule has 0 bridgehead atoms. The zero-order valence-corrected chi connectivity index (χ0v) is 10.2. The molecule has 5 nitrogen and oxygen atoms in total. The van der Waals surface area contributed by atoms with E-state index in [4.69, 9.17) is 14.9 Å². The summed E-state index contributed by atoms with van der Waals surface area (Å²) >= 11 is 0. The number of ether oxygens (including phenoxy) is 1. The van der Waals surface area contributed by atoms with E-state index >= 15 is 0 Å². The van der Waals surface area contributed by atoms with Crippen LogP contribution in [0.5, 0.6) is 0 Å². The van der Waals surface area contributed by atoms with Gasteiger partial charge in [0.1, 0.15) is 12.4 Å². The second kappa shape index (κ2) is 10.5. The second-order valence-electron chi connectivity index (χ2n) is 3.17. The average molecular weight is 259 g/mol. The molecule has 0 aliphatic rings. The lowest BCUT2D eigenvalue weighted by molar-refractivity contribution is -0.134. The Morgan fingerprint density at radius 3 is 2.39 bits per heavy atom. The molecule has 0 saturated carbocycles. The van der Waals surface area contributed by atoms with Gasteiger partial charge in [-0.1, -0.05) is 0 Å². The fourth-order valence-electron chi connectivity index (χ4n) is 0.954. The molecule has 0 saturated heterocycles. The van der Waals surface area contributed by atoms with Crippen molar-refractivity contribution in [1.82, 2.24) is 0 Å². The van der Waals surface area contributed by atoms with Crippen LogP contribution in [-0.4, -0.2) is 42.5 Å². The molecule has 1 aromatic rings. The molecule has 0 radical (unpaired) electrons. The van der Waals surface area contributed by atoms with Crippen LogP contribution in [-0.2, 0) is 9.53 Å². The van der Waals surface area contributed by atoms with Crippen molar-refractivity contribution in [1.29, 1.82) is 0 Å². The van der Waals surface area contributed by atoms with Gasteiger partial charge >= 0.3 is 5.97 Å². The summed E-state index contributed by atoms with van der Waals surface area (Å²) in [5.41, 5.74) is 0.596. The van der Waals surface area contributed by atoms with Crippen LogP contribution in [0.4, 0.5) is 10.1 Å². The Morgan fingerprint density at radius 1 is 1.39 bits per heavy atom. The second-order valence-corrected chi connectivity index (χ2v) is 3.17. The number of carbonyl (C=O) groups is 1. The lowest BCUT2D eigenvalue weighted by Gasteiger charge is -2.01. The lowest BCUT2D eigenvalue weighted by Crippen LogP contribution is -2.11. The first-order valence-electron chi connectivity index (χ1n) is 5.50. The fourth-order valence-corrected chi connectivity index (χ4v) is 0.954. The summed E-state index contributed by atoms with van der Waals surface area (Å²) in [6.07, 6.45) is 0. The molecule has 0 aromatic heterocycles. The summed E-state index contributed by atoms with van der Waals surface area (Å²) in [6, 6.07) is 5.50. The van der Waals surface area contributed by atoms with E-state index in [1.54, 1.807) is 0 Å². The standard InChI is InChI=1S/C8H8FNO2.C4H10O2/c9-6-1-3-7(4-2-6)10-5-8(11)12;1-2-6-4-3-5/h1-4,10H,5H2,(H,11,12);5H,2-4H2,1H3. The lowest BCUT2D eigenvalue weighted by atomic mass is 10.3. The summed E-state index contributed by atoms with van der Waals surface area (Å²) in [6.45, 7) is 3.03. The highest BCUT2D eigenvalue weighted by atomic mass is 19.1. The van der Waals surface area contributed by atoms with Crippen LogP contribution in [0.25, 0.3) is 0 Å². The molecule has 6 heteroatoms. The highest BCUT2D eigenvalue weighted by Gasteiger charge is 1.96. The molecule has 3 N–H and O–H groups in total. The van der Waals surface area contributed by atoms with Gasteiger partial charge in [0.2, 0.25) is 0 Å². The maximum absolute atomic E-state index is 12.3. The number of aliphatic hydroxyl groups is 1. The first-order valence-corrected chi connectivity index (χ1v) is 5.50. The number of nitrogens with one attached hydrogen (secondary N) is 1. The molecule has 18 heavy (non-hydrogen) atoms. The molecule has 0 aliphatic carbocycles. The smallest absolute Gasteiger partial charge is 0.322 e. The number of halogens is 1. The van der Waals surface area contributed by atoms with Gasteiger partial charge in [-0.3, -0.25) is 4.79 Å². The Labute approximate surface area is 105 Å². The summed E-state index contributed by atoms with van der Waals surface area (Å²) in [7, 11) is 0. The third kappa shape index (κ3) is 9.56. The molecule has 0 atom stereocenters. The van der Waals surface area contributed by atoms with Crippen molar-refractivity contribution in [2.24, 2.45) is 0 Å². The number of hydrogen-bond donors (Lipinski definition) is 3. The monoisotopic (exact) mass is 259 g/mol. The van der Waals surface area contributed by atoms with Gasteiger partial charge < -0.3 is 20.3 Å². The topological polar surface area (TPSA) is 78.8 Å². The van der Waals surface area contributed by atoms with Crippen molar-refractivity contribution in [3.63, 3.8) is 0 Å². The number of anilines is 1. The largest absolute Gasteiger partial charge is 0.480 e. The first kappa shape index (κ1) is 16.3. The SMILES string of the molecule is CCOCCO.O=C(O)CNc1ccc(F)cc1. The highest BCUT2D eigenvalue weighted by Crippen LogP contribution is 2.07. The van der Waals surface area contributed by atoms with Crippen molar-refractivity contribution in [2.45, 2.75) is 6.92 Å². The molecular formula is C12H18FNO4. The predicted molar refractivity (Wildman–Crippen MR) is 66.1 cm³/mol.